The minimum atomic E-state index is -3.55. The smallest absolute Gasteiger partial charge is 0.256 e. The van der Waals surface area contributed by atoms with E-state index in [9.17, 15) is 18.0 Å². The van der Waals surface area contributed by atoms with Gasteiger partial charge in [-0.05, 0) is 44.5 Å². The van der Waals surface area contributed by atoms with Gasteiger partial charge in [0.25, 0.3) is 5.56 Å². The Morgan fingerprint density at radius 2 is 1.93 bits per heavy atom. The number of hydrogen-bond donors (Lipinski definition) is 0. The van der Waals surface area contributed by atoms with Crippen molar-refractivity contribution in [2.45, 2.75) is 37.0 Å². The Morgan fingerprint density at radius 3 is 2.59 bits per heavy atom. The van der Waals surface area contributed by atoms with Crippen molar-refractivity contribution in [3.8, 4) is 0 Å². The van der Waals surface area contributed by atoms with Crippen molar-refractivity contribution in [2.24, 2.45) is 0 Å². The molecule has 2 heterocycles. The van der Waals surface area contributed by atoms with Crippen LogP contribution >= 0.6 is 11.6 Å². The summed E-state index contributed by atoms with van der Waals surface area (Å²) in [6.07, 6.45) is 1.71. The number of benzene rings is 1. The number of hydrogen-bond acceptors (Lipinski definition) is 5. The Labute approximate surface area is 162 Å². The minimum Gasteiger partial charge on any atom is -0.340 e. The summed E-state index contributed by atoms with van der Waals surface area (Å²) in [5.41, 5.74) is 0.856. The molecule has 0 aliphatic carbocycles. The van der Waals surface area contributed by atoms with Crippen molar-refractivity contribution in [3.63, 3.8) is 0 Å². The second-order valence-corrected chi connectivity index (χ2v) is 9.30. The summed E-state index contributed by atoms with van der Waals surface area (Å²) in [5.74, 6) is -0.295. The van der Waals surface area contributed by atoms with Crippen LogP contribution in [0.3, 0.4) is 0 Å². The topological polar surface area (TPSA) is 89.3 Å². The van der Waals surface area contributed by atoms with Crippen LogP contribution in [0.25, 0.3) is 0 Å². The fraction of sp³-hybridized carbons (Fsp3) is 0.389. The molecule has 0 spiro atoms. The zero-order valence-electron chi connectivity index (χ0n) is 15.1. The highest BCUT2D eigenvalue weighted by atomic mass is 35.5. The molecule has 1 amide bonds. The average molecular weight is 410 g/mol. The zero-order chi connectivity index (χ0) is 19.8. The van der Waals surface area contributed by atoms with Crippen LogP contribution in [0, 0.1) is 13.8 Å². The number of aromatic nitrogens is 2. The van der Waals surface area contributed by atoms with Crippen LogP contribution in [0.2, 0.25) is 5.02 Å². The Kier molecular flexibility index (Phi) is 5.39. The third-order valence-corrected chi connectivity index (χ3v) is 7.34. The van der Waals surface area contributed by atoms with Gasteiger partial charge in [-0.2, -0.15) is 0 Å². The molecular weight excluding hydrogens is 390 g/mol. The predicted octanol–water partition coefficient (Wildman–Crippen LogP) is 1.59. The highest BCUT2D eigenvalue weighted by Gasteiger charge is 2.36. The summed E-state index contributed by atoms with van der Waals surface area (Å²) >= 11 is 5.82. The van der Waals surface area contributed by atoms with E-state index in [1.165, 1.54) is 40.1 Å². The second kappa shape index (κ2) is 7.44. The number of carbonyl (C=O) groups is 1. The molecule has 1 fully saturated rings. The summed E-state index contributed by atoms with van der Waals surface area (Å²) < 4.78 is 26.8. The van der Waals surface area contributed by atoms with Crippen LogP contribution in [0.4, 0.5) is 0 Å². The lowest BCUT2D eigenvalue weighted by Crippen LogP contribution is -2.37. The first-order valence-corrected chi connectivity index (χ1v) is 10.4. The highest BCUT2D eigenvalue weighted by molar-refractivity contribution is 7.92. The Bertz CT molecular complexity index is 1030. The molecule has 27 heavy (non-hydrogen) atoms. The number of rotatable bonds is 4. The van der Waals surface area contributed by atoms with Gasteiger partial charge in [0.05, 0.1) is 16.5 Å². The van der Waals surface area contributed by atoms with E-state index in [1.807, 2.05) is 0 Å². The van der Waals surface area contributed by atoms with Crippen molar-refractivity contribution in [2.75, 3.05) is 13.1 Å². The normalized spacial score (nSPS) is 17.3. The van der Waals surface area contributed by atoms with Crippen molar-refractivity contribution < 1.29 is 13.2 Å². The highest BCUT2D eigenvalue weighted by Crippen LogP contribution is 2.25. The van der Waals surface area contributed by atoms with Gasteiger partial charge in [-0.15, -0.1) is 0 Å². The molecule has 1 aromatic carbocycles. The fourth-order valence-corrected chi connectivity index (χ4v) is 4.88. The number of sulfone groups is 1. The lowest BCUT2D eigenvalue weighted by atomic mass is 10.3. The van der Waals surface area contributed by atoms with Crippen molar-refractivity contribution in [1.82, 2.24) is 14.5 Å². The molecular formula is C18H20ClN3O4S. The van der Waals surface area contributed by atoms with Crippen LogP contribution in [-0.4, -0.2) is 47.1 Å². The summed E-state index contributed by atoms with van der Waals surface area (Å²) in [7, 11) is -3.55. The molecule has 7 nitrogen and oxygen atoms in total. The summed E-state index contributed by atoms with van der Waals surface area (Å²) in [6, 6.07) is 6.02. The van der Waals surface area contributed by atoms with E-state index in [0.29, 0.717) is 29.2 Å². The number of nitrogens with zero attached hydrogens (tertiary/aromatic N) is 3. The molecule has 0 N–H and O–H groups in total. The van der Waals surface area contributed by atoms with Crippen LogP contribution in [0.5, 0.6) is 0 Å². The van der Waals surface area contributed by atoms with E-state index < -0.39 is 15.1 Å². The number of likely N-dealkylation sites (tertiary alicyclic amines) is 1. The van der Waals surface area contributed by atoms with Gasteiger partial charge >= 0.3 is 0 Å². The lowest BCUT2D eigenvalue weighted by molar-refractivity contribution is -0.130. The first kappa shape index (κ1) is 19.6. The number of amides is 1. The van der Waals surface area contributed by atoms with Crippen LogP contribution in [0.1, 0.15) is 17.7 Å². The Balaban J connectivity index is 1.72. The van der Waals surface area contributed by atoms with Crippen molar-refractivity contribution >= 4 is 27.3 Å². The fourth-order valence-electron chi connectivity index (χ4n) is 3.06. The molecule has 1 aromatic heterocycles. The monoisotopic (exact) mass is 409 g/mol. The maximum absolute atomic E-state index is 12.8. The van der Waals surface area contributed by atoms with Crippen LogP contribution in [-0.2, 0) is 21.2 Å². The minimum absolute atomic E-state index is 0.108. The largest absolute Gasteiger partial charge is 0.340 e. The summed E-state index contributed by atoms with van der Waals surface area (Å²) in [4.78, 5) is 30.6. The molecule has 1 aliphatic rings. The van der Waals surface area contributed by atoms with Gasteiger partial charge in [0.2, 0.25) is 5.91 Å². The van der Waals surface area contributed by atoms with E-state index >= 15 is 0 Å². The van der Waals surface area contributed by atoms with Gasteiger partial charge in [-0.25, -0.2) is 13.4 Å². The second-order valence-electron chi connectivity index (χ2n) is 6.64. The molecule has 1 aliphatic heterocycles. The van der Waals surface area contributed by atoms with Gasteiger partial charge in [0.1, 0.15) is 6.54 Å². The van der Waals surface area contributed by atoms with E-state index in [0.717, 1.165) is 0 Å². The SMILES string of the molecule is Cc1ncn(CC(=O)N2CC[C@H](S(=O)(=O)c3ccc(Cl)cc3)C2)c(=O)c1C. The molecule has 0 radical (unpaired) electrons. The average Bonchev–Trinajstić information content (AvgIpc) is 3.14. The quantitative estimate of drug-likeness (QED) is 0.764. The molecule has 1 saturated heterocycles. The third kappa shape index (κ3) is 3.91. The number of halogens is 1. The molecule has 9 heteroatoms. The summed E-state index contributed by atoms with van der Waals surface area (Å²) in [6.45, 7) is 3.69. The lowest BCUT2D eigenvalue weighted by Gasteiger charge is -2.17. The van der Waals surface area contributed by atoms with E-state index in [2.05, 4.69) is 4.98 Å². The molecule has 144 valence electrons. The predicted molar refractivity (Wildman–Crippen MR) is 102 cm³/mol. The number of aryl methyl sites for hydroxylation is 1. The van der Waals surface area contributed by atoms with E-state index in [1.54, 1.807) is 13.8 Å². The first-order valence-electron chi connectivity index (χ1n) is 8.50. The zero-order valence-corrected chi connectivity index (χ0v) is 16.6. The Hall–Kier alpha value is -2.19. The molecule has 1 atom stereocenters. The van der Waals surface area contributed by atoms with Crippen molar-refractivity contribution in [1.29, 1.82) is 0 Å². The maximum Gasteiger partial charge on any atom is 0.256 e. The van der Waals surface area contributed by atoms with Crippen LogP contribution in [0.15, 0.2) is 40.3 Å². The first-order chi connectivity index (χ1) is 12.7. The van der Waals surface area contributed by atoms with Gasteiger partial charge in [0, 0.05) is 29.4 Å². The summed E-state index contributed by atoms with van der Waals surface area (Å²) in [5, 5.41) is -0.207. The molecule has 0 unspecified atom stereocenters. The standard InChI is InChI=1S/C18H20ClN3O4S/c1-12-13(2)20-11-22(18(12)24)10-17(23)21-8-7-16(9-21)27(25,26)15-5-3-14(19)4-6-15/h3-6,11,16H,7-10H2,1-2H3/t16-/m0/s1. The molecule has 3 rings (SSSR count). The third-order valence-electron chi connectivity index (χ3n) is 4.90. The van der Waals surface area contributed by atoms with Gasteiger partial charge < -0.3 is 4.90 Å². The van der Waals surface area contributed by atoms with E-state index in [4.69, 9.17) is 11.6 Å². The van der Waals surface area contributed by atoms with Gasteiger partial charge in [0.15, 0.2) is 9.84 Å². The van der Waals surface area contributed by atoms with Gasteiger partial charge in [-0.1, -0.05) is 11.6 Å². The number of carbonyl (C=O) groups excluding carboxylic acids is 1. The van der Waals surface area contributed by atoms with E-state index in [-0.39, 0.29) is 29.5 Å². The molecule has 2 aromatic rings. The van der Waals surface area contributed by atoms with Crippen molar-refractivity contribution in [3.05, 3.63) is 57.2 Å². The molecule has 0 saturated carbocycles. The molecule has 0 bridgehead atoms. The van der Waals surface area contributed by atoms with Crippen LogP contribution < -0.4 is 5.56 Å². The van der Waals surface area contributed by atoms with Gasteiger partial charge in [-0.3, -0.25) is 14.2 Å². The Morgan fingerprint density at radius 1 is 1.26 bits per heavy atom. The maximum atomic E-state index is 12.8.